The van der Waals surface area contributed by atoms with Crippen molar-refractivity contribution >= 4 is 5.69 Å². The highest BCUT2D eigenvalue weighted by atomic mass is 16.2. The van der Waals surface area contributed by atoms with Gasteiger partial charge in [0.2, 0.25) is 10.9 Å². The minimum atomic E-state index is -0.288. The number of hydrogen-bond donors (Lipinski definition) is 1. The second-order valence-electron chi connectivity index (χ2n) is 3.58. The van der Waals surface area contributed by atoms with Crippen LogP contribution in [-0.2, 0) is 6.42 Å². The Kier molecular flexibility index (Phi) is 2.37. The van der Waals surface area contributed by atoms with E-state index in [9.17, 15) is 9.59 Å². The van der Waals surface area contributed by atoms with Crippen molar-refractivity contribution in [3.8, 4) is 0 Å². The Morgan fingerprint density at radius 1 is 1.21 bits per heavy atom. The third kappa shape index (κ3) is 1.26. The minimum absolute atomic E-state index is 0.277. The summed E-state index contributed by atoms with van der Waals surface area (Å²) in [6.07, 6.45) is 0.670. The first-order valence-corrected chi connectivity index (χ1v) is 5.03. The lowest BCUT2D eigenvalue weighted by Crippen LogP contribution is -2.50. The van der Waals surface area contributed by atoms with Crippen LogP contribution < -0.4 is 21.1 Å². The van der Waals surface area contributed by atoms with Crippen LogP contribution in [0.15, 0.2) is 9.59 Å². The monoisotopic (exact) mass is 194 g/mol. The number of anilines is 1. The van der Waals surface area contributed by atoms with Crippen molar-refractivity contribution in [1.82, 2.24) is 5.32 Å². The summed E-state index contributed by atoms with van der Waals surface area (Å²) < 4.78 is 0. The molecule has 1 N–H and O–H groups in total. The fourth-order valence-corrected chi connectivity index (χ4v) is 1.98. The number of rotatable bonds is 2. The van der Waals surface area contributed by atoms with Crippen LogP contribution in [-0.4, -0.2) is 26.2 Å². The molecule has 1 heterocycles. The van der Waals surface area contributed by atoms with Crippen LogP contribution in [0, 0.1) is 0 Å². The van der Waals surface area contributed by atoms with E-state index in [1.165, 1.54) is 0 Å². The van der Waals surface area contributed by atoms with E-state index in [-0.39, 0.29) is 10.9 Å². The zero-order valence-electron chi connectivity index (χ0n) is 8.30. The zero-order chi connectivity index (χ0) is 10.1. The summed E-state index contributed by atoms with van der Waals surface area (Å²) in [6, 6.07) is 0. The van der Waals surface area contributed by atoms with Crippen LogP contribution in [0.1, 0.15) is 12.5 Å². The van der Waals surface area contributed by atoms with Crippen LogP contribution in [0.4, 0.5) is 5.69 Å². The summed E-state index contributed by atoms with van der Waals surface area (Å²) in [5.74, 6) is 0. The van der Waals surface area contributed by atoms with Gasteiger partial charge in [0.05, 0.1) is 5.69 Å². The van der Waals surface area contributed by atoms with Crippen molar-refractivity contribution in [2.75, 3.05) is 31.1 Å². The summed E-state index contributed by atoms with van der Waals surface area (Å²) in [5.41, 5.74) is 0.834. The lowest BCUT2D eigenvalue weighted by Gasteiger charge is -2.31. The largest absolute Gasteiger partial charge is 0.365 e. The summed E-state index contributed by atoms with van der Waals surface area (Å²) in [5, 5.41) is 3.22. The molecule has 4 heteroatoms. The summed E-state index contributed by atoms with van der Waals surface area (Å²) in [6.45, 7) is 5.36. The van der Waals surface area contributed by atoms with Crippen LogP contribution in [0.3, 0.4) is 0 Å². The van der Waals surface area contributed by atoms with E-state index in [1.807, 2.05) is 11.8 Å². The highest BCUT2D eigenvalue weighted by Crippen LogP contribution is 2.15. The van der Waals surface area contributed by atoms with Gasteiger partial charge in [-0.25, -0.2) is 0 Å². The van der Waals surface area contributed by atoms with Crippen molar-refractivity contribution in [1.29, 1.82) is 0 Å². The average molecular weight is 194 g/mol. The van der Waals surface area contributed by atoms with Crippen molar-refractivity contribution in [3.63, 3.8) is 0 Å². The molecule has 0 unspecified atom stereocenters. The molecule has 1 aliphatic rings. The summed E-state index contributed by atoms with van der Waals surface area (Å²) in [7, 11) is 0. The van der Waals surface area contributed by atoms with Gasteiger partial charge in [-0.2, -0.15) is 0 Å². The molecule has 2 rings (SSSR count). The lowest BCUT2D eigenvalue weighted by atomic mass is 10.0. The second kappa shape index (κ2) is 3.53. The first-order valence-electron chi connectivity index (χ1n) is 5.03. The fourth-order valence-electron chi connectivity index (χ4n) is 1.98. The van der Waals surface area contributed by atoms with Gasteiger partial charge in [-0.05, 0) is 6.42 Å². The lowest BCUT2D eigenvalue weighted by molar-refractivity contribution is 0.585. The van der Waals surface area contributed by atoms with E-state index in [4.69, 9.17) is 0 Å². The quantitative estimate of drug-likeness (QED) is 0.630. The maximum Gasteiger partial charge on any atom is 0.249 e. The molecule has 0 atom stereocenters. The highest BCUT2D eigenvalue weighted by molar-refractivity contribution is 5.58. The topological polar surface area (TPSA) is 49.4 Å². The number of nitrogens with one attached hydrogen (secondary N) is 1. The Morgan fingerprint density at radius 3 is 2.43 bits per heavy atom. The maximum absolute atomic E-state index is 11.4. The van der Waals surface area contributed by atoms with Crippen LogP contribution in [0.5, 0.6) is 0 Å². The van der Waals surface area contributed by atoms with Gasteiger partial charge in [-0.1, -0.05) is 6.92 Å². The predicted octanol–water partition coefficient (Wildman–Crippen LogP) is -0.745. The van der Waals surface area contributed by atoms with Gasteiger partial charge in [0.1, 0.15) is 0 Å². The molecule has 0 aromatic heterocycles. The standard InChI is InChI=1S/C10H14N2O2/c1-2-7-8(10(14)9(7)13)12-5-3-11-4-6-12/h11H,2-6H2,1H3. The van der Waals surface area contributed by atoms with E-state index < -0.39 is 0 Å². The Hall–Kier alpha value is -1.16. The molecule has 0 radical (unpaired) electrons. The Labute approximate surface area is 82.2 Å². The first kappa shape index (κ1) is 9.40. The third-order valence-electron chi connectivity index (χ3n) is 2.77. The van der Waals surface area contributed by atoms with Gasteiger partial charge in [-0.15, -0.1) is 0 Å². The van der Waals surface area contributed by atoms with Gasteiger partial charge in [0.25, 0.3) is 0 Å². The summed E-state index contributed by atoms with van der Waals surface area (Å²) in [4.78, 5) is 24.6. The van der Waals surface area contributed by atoms with Crippen molar-refractivity contribution in [2.45, 2.75) is 13.3 Å². The third-order valence-corrected chi connectivity index (χ3v) is 2.77. The van der Waals surface area contributed by atoms with E-state index >= 15 is 0 Å². The van der Waals surface area contributed by atoms with Crippen LogP contribution >= 0.6 is 0 Å². The minimum Gasteiger partial charge on any atom is -0.365 e. The first-order chi connectivity index (χ1) is 6.75. The normalized spacial score (nSPS) is 17.6. The molecule has 14 heavy (non-hydrogen) atoms. The van der Waals surface area contributed by atoms with Crippen molar-refractivity contribution < 1.29 is 0 Å². The fraction of sp³-hybridized carbons (Fsp3) is 0.600. The molecule has 76 valence electrons. The van der Waals surface area contributed by atoms with Gasteiger partial charge >= 0.3 is 0 Å². The molecular formula is C10H14N2O2. The zero-order valence-corrected chi connectivity index (χ0v) is 8.30. The molecule has 0 spiro atoms. The Bertz CT molecular complexity index is 398. The Balaban J connectivity index is 2.27. The molecule has 4 nitrogen and oxygen atoms in total. The van der Waals surface area contributed by atoms with E-state index in [0.717, 1.165) is 31.7 Å². The van der Waals surface area contributed by atoms with Gasteiger partial charge < -0.3 is 10.2 Å². The molecular weight excluding hydrogens is 180 g/mol. The summed E-state index contributed by atoms with van der Waals surface area (Å²) >= 11 is 0. The van der Waals surface area contributed by atoms with E-state index in [1.54, 1.807) is 0 Å². The van der Waals surface area contributed by atoms with E-state index in [0.29, 0.717) is 12.1 Å². The van der Waals surface area contributed by atoms with Gasteiger partial charge in [0, 0.05) is 31.7 Å². The molecule has 0 bridgehead atoms. The average Bonchev–Trinajstić information content (AvgIpc) is 2.25. The highest BCUT2D eigenvalue weighted by Gasteiger charge is 2.24. The Morgan fingerprint density at radius 2 is 1.86 bits per heavy atom. The van der Waals surface area contributed by atoms with Crippen molar-refractivity contribution in [3.05, 3.63) is 26.0 Å². The van der Waals surface area contributed by atoms with Gasteiger partial charge in [-0.3, -0.25) is 9.59 Å². The molecule has 0 amide bonds. The van der Waals surface area contributed by atoms with Gasteiger partial charge in [0.15, 0.2) is 0 Å². The molecule has 1 aromatic rings. The molecule has 1 saturated heterocycles. The second-order valence-corrected chi connectivity index (χ2v) is 3.58. The number of hydrogen-bond acceptors (Lipinski definition) is 4. The molecule has 0 saturated carbocycles. The van der Waals surface area contributed by atoms with E-state index in [2.05, 4.69) is 5.32 Å². The predicted molar refractivity (Wildman–Crippen MR) is 55.8 cm³/mol. The molecule has 1 aliphatic heterocycles. The number of piperazine rings is 1. The molecule has 1 fully saturated rings. The number of nitrogens with zero attached hydrogens (tertiary/aromatic N) is 1. The van der Waals surface area contributed by atoms with Crippen LogP contribution in [0.25, 0.3) is 0 Å². The van der Waals surface area contributed by atoms with Crippen LogP contribution in [0.2, 0.25) is 0 Å². The molecule has 0 aliphatic carbocycles. The maximum atomic E-state index is 11.4. The smallest absolute Gasteiger partial charge is 0.249 e. The molecule has 1 aromatic carbocycles. The SMILES string of the molecule is CCc1c(N2CCNCC2)c(=O)c1=O. The van der Waals surface area contributed by atoms with Crippen molar-refractivity contribution in [2.24, 2.45) is 0 Å².